The summed E-state index contributed by atoms with van der Waals surface area (Å²) in [6.07, 6.45) is 0.943. The molecular formula is C26H27BrN2O4. The summed E-state index contributed by atoms with van der Waals surface area (Å²) in [5.74, 6) is 0.888. The second-order valence-electron chi connectivity index (χ2n) is 7.83. The fourth-order valence-corrected chi connectivity index (χ4v) is 3.48. The first-order valence-corrected chi connectivity index (χ1v) is 11.5. The number of carbonyl (C=O) groups is 2. The van der Waals surface area contributed by atoms with Gasteiger partial charge in [-0.2, -0.15) is 0 Å². The van der Waals surface area contributed by atoms with Gasteiger partial charge in [-0.3, -0.25) is 20.4 Å². The Kier molecular flexibility index (Phi) is 8.89. The van der Waals surface area contributed by atoms with E-state index in [1.807, 2.05) is 48.5 Å². The fourth-order valence-electron chi connectivity index (χ4n) is 2.99. The number of nitrogens with one attached hydrogen (secondary N) is 2. The van der Waals surface area contributed by atoms with Crippen molar-refractivity contribution < 1.29 is 19.1 Å². The molecule has 0 spiro atoms. The maximum atomic E-state index is 12.4. The number of hydrazine groups is 1. The molecule has 0 saturated carbocycles. The van der Waals surface area contributed by atoms with Crippen molar-refractivity contribution >= 4 is 27.7 Å². The largest absolute Gasteiger partial charge is 0.492 e. The van der Waals surface area contributed by atoms with Gasteiger partial charge in [-0.05, 0) is 58.1 Å². The summed E-state index contributed by atoms with van der Waals surface area (Å²) in [5.41, 5.74) is 7.04. The highest BCUT2D eigenvalue weighted by atomic mass is 79.9. The van der Waals surface area contributed by atoms with Crippen molar-refractivity contribution in [2.45, 2.75) is 20.3 Å². The summed E-state index contributed by atoms with van der Waals surface area (Å²) in [6, 6.07) is 22.3. The molecular weight excluding hydrogens is 484 g/mol. The van der Waals surface area contributed by atoms with Gasteiger partial charge >= 0.3 is 0 Å². The van der Waals surface area contributed by atoms with Gasteiger partial charge in [0, 0.05) is 11.1 Å². The van der Waals surface area contributed by atoms with Crippen LogP contribution < -0.4 is 20.3 Å². The minimum absolute atomic E-state index is 0.240. The molecule has 3 aromatic carbocycles. The molecule has 3 aromatic rings. The van der Waals surface area contributed by atoms with E-state index in [2.05, 4.69) is 40.6 Å². The highest BCUT2D eigenvalue weighted by Gasteiger charge is 2.12. The smallest absolute Gasteiger partial charge is 0.276 e. The molecule has 0 unspecified atom stereocenters. The second-order valence-corrected chi connectivity index (χ2v) is 8.68. The van der Waals surface area contributed by atoms with Crippen LogP contribution in [-0.4, -0.2) is 25.0 Å². The summed E-state index contributed by atoms with van der Waals surface area (Å²) in [6.45, 7) is 4.63. The van der Waals surface area contributed by atoms with E-state index in [1.54, 1.807) is 24.3 Å². The van der Waals surface area contributed by atoms with E-state index in [0.29, 0.717) is 34.1 Å². The molecule has 2 N–H and O–H groups in total. The Morgan fingerprint density at radius 3 is 2.33 bits per heavy atom. The molecule has 0 aliphatic rings. The second kappa shape index (κ2) is 12.1. The van der Waals surface area contributed by atoms with Crippen LogP contribution in [-0.2, 0) is 4.79 Å². The molecule has 0 radical (unpaired) electrons. The lowest BCUT2D eigenvalue weighted by atomic mass is 10.1. The van der Waals surface area contributed by atoms with Crippen molar-refractivity contribution in [2.75, 3.05) is 13.2 Å². The van der Waals surface area contributed by atoms with Crippen molar-refractivity contribution in [3.8, 4) is 22.6 Å². The first-order chi connectivity index (χ1) is 15.9. The van der Waals surface area contributed by atoms with E-state index in [1.165, 1.54) is 0 Å². The van der Waals surface area contributed by atoms with Gasteiger partial charge in [-0.1, -0.05) is 62.4 Å². The van der Waals surface area contributed by atoms with Crippen LogP contribution in [0.1, 0.15) is 30.6 Å². The molecule has 0 heterocycles. The van der Waals surface area contributed by atoms with Crippen molar-refractivity contribution in [1.29, 1.82) is 0 Å². The lowest BCUT2D eigenvalue weighted by molar-refractivity contribution is -0.123. The number of carbonyl (C=O) groups excluding carboxylic acids is 2. The molecule has 7 heteroatoms. The molecule has 0 fully saturated rings. The normalized spacial score (nSPS) is 10.5. The molecule has 0 aliphatic carbocycles. The first-order valence-electron chi connectivity index (χ1n) is 10.7. The van der Waals surface area contributed by atoms with Crippen LogP contribution in [0.3, 0.4) is 0 Å². The Bertz CT molecular complexity index is 1090. The maximum Gasteiger partial charge on any atom is 0.276 e. The molecule has 0 bridgehead atoms. The zero-order valence-electron chi connectivity index (χ0n) is 18.6. The standard InChI is InChI=1S/C26H27BrN2O4/c1-18(2)14-15-32-24-13-12-20(16-22(24)27)26(31)29-28-25(30)17-33-23-11-7-6-10-21(23)19-8-4-3-5-9-19/h3-13,16,18H,14-15,17H2,1-2H3,(H,28,30)(H,29,31). The van der Waals surface area contributed by atoms with Crippen LogP contribution in [0.5, 0.6) is 11.5 Å². The Morgan fingerprint density at radius 1 is 0.879 bits per heavy atom. The highest BCUT2D eigenvalue weighted by Crippen LogP contribution is 2.29. The lowest BCUT2D eigenvalue weighted by Crippen LogP contribution is -2.43. The molecule has 0 atom stereocenters. The molecule has 0 aromatic heterocycles. The molecule has 3 rings (SSSR count). The third-order valence-corrected chi connectivity index (χ3v) is 5.41. The monoisotopic (exact) mass is 510 g/mol. The summed E-state index contributed by atoms with van der Waals surface area (Å²) in [7, 11) is 0. The number of benzene rings is 3. The van der Waals surface area contributed by atoms with E-state index >= 15 is 0 Å². The predicted octanol–water partition coefficient (Wildman–Crippen LogP) is 5.38. The third kappa shape index (κ3) is 7.36. The number of para-hydroxylation sites is 1. The van der Waals surface area contributed by atoms with Gasteiger partial charge < -0.3 is 9.47 Å². The lowest BCUT2D eigenvalue weighted by Gasteiger charge is -2.13. The highest BCUT2D eigenvalue weighted by molar-refractivity contribution is 9.10. The fraction of sp³-hybridized carbons (Fsp3) is 0.231. The quantitative estimate of drug-likeness (QED) is 0.378. The van der Waals surface area contributed by atoms with Crippen LogP contribution in [0.25, 0.3) is 11.1 Å². The number of amides is 2. The Labute approximate surface area is 202 Å². The topological polar surface area (TPSA) is 76.7 Å². The number of hydrogen-bond donors (Lipinski definition) is 2. The van der Waals surface area contributed by atoms with Crippen LogP contribution in [0.15, 0.2) is 77.3 Å². The van der Waals surface area contributed by atoms with Crippen LogP contribution in [0.4, 0.5) is 0 Å². The molecule has 6 nitrogen and oxygen atoms in total. The molecule has 0 aliphatic heterocycles. The van der Waals surface area contributed by atoms with Gasteiger partial charge in [0.2, 0.25) is 0 Å². The van der Waals surface area contributed by atoms with Crippen LogP contribution in [0, 0.1) is 5.92 Å². The first kappa shape index (κ1) is 24.3. The zero-order chi connectivity index (χ0) is 23.6. The minimum Gasteiger partial charge on any atom is -0.492 e. The third-order valence-electron chi connectivity index (χ3n) is 4.79. The van der Waals surface area contributed by atoms with Gasteiger partial charge in [0.15, 0.2) is 6.61 Å². The van der Waals surface area contributed by atoms with Gasteiger partial charge in [0.25, 0.3) is 11.8 Å². The SMILES string of the molecule is CC(C)CCOc1ccc(C(=O)NNC(=O)COc2ccccc2-c2ccccc2)cc1Br. The molecule has 172 valence electrons. The van der Waals surface area contributed by atoms with Crippen molar-refractivity contribution in [2.24, 2.45) is 5.92 Å². The van der Waals surface area contributed by atoms with E-state index in [0.717, 1.165) is 17.5 Å². The summed E-state index contributed by atoms with van der Waals surface area (Å²) in [4.78, 5) is 24.6. The van der Waals surface area contributed by atoms with Gasteiger partial charge in [0.05, 0.1) is 11.1 Å². The van der Waals surface area contributed by atoms with Gasteiger partial charge in [-0.25, -0.2) is 0 Å². The van der Waals surface area contributed by atoms with E-state index in [9.17, 15) is 9.59 Å². The average molecular weight is 511 g/mol. The Balaban J connectivity index is 1.50. The van der Waals surface area contributed by atoms with Gasteiger partial charge in [0.1, 0.15) is 11.5 Å². The Hall–Kier alpha value is -3.32. The number of hydrogen-bond acceptors (Lipinski definition) is 4. The number of halogens is 1. The van der Waals surface area contributed by atoms with Gasteiger partial charge in [-0.15, -0.1) is 0 Å². The van der Waals surface area contributed by atoms with Crippen LogP contribution >= 0.6 is 15.9 Å². The molecule has 0 saturated heterocycles. The number of ether oxygens (including phenoxy) is 2. The van der Waals surface area contributed by atoms with Crippen LogP contribution in [0.2, 0.25) is 0 Å². The summed E-state index contributed by atoms with van der Waals surface area (Å²) < 4.78 is 12.1. The predicted molar refractivity (Wildman–Crippen MR) is 132 cm³/mol. The van der Waals surface area contributed by atoms with Crippen molar-refractivity contribution in [1.82, 2.24) is 10.9 Å². The van der Waals surface area contributed by atoms with Crippen molar-refractivity contribution in [3.05, 3.63) is 82.8 Å². The molecule has 33 heavy (non-hydrogen) atoms. The average Bonchev–Trinajstić information content (AvgIpc) is 2.82. The van der Waals surface area contributed by atoms with E-state index in [-0.39, 0.29) is 6.61 Å². The summed E-state index contributed by atoms with van der Waals surface area (Å²) in [5, 5.41) is 0. The maximum absolute atomic E-state index is 12.4. The van der Waals surface area contributed by atoms with E-state index < -0.39 is 11.8 Å². The number of rotatable bonds is 9. The Morgan fingerprint density at radius 2 is 1.61 bits per heavy atom. The summed E-state index contributed by atoms with van der Waals surface area (Å²) >= 11 is 3.43. The van der Waals surface area contributed by atoms with Crippen molar-refractivity contribution in [3.63, 3.8) is 0 Å². The molecule has 2 amide bonds. The van der Waals surface area contributed by atoms with E-state index in [4.69, 9.17) is 9.47 Å². The minimum atomic E-state index is -0.473. The zero-order valence-corrected chi connectivity index (χ0v) is 20.2.